The van der Waals surface area contributed by atoms with Gasteiger partial charge >= 0.3 is 12.0 Å². The average Bonchev–Trinajstić information content (AvgIpc) is 2.60. The molecule has 3 N–H and O–H groups in total. The molecule has 92 valence electrons. The summed E-state index contributed by atoms with van der Waals surface area (Å²) in [4.78, 5) is 22.2. The Labute approximate surface area is 94.3 Å². The molecule has 3 atom stereocenters. The van der Waals surface area contributed by atoms with Crippen molar-refractivity contribution in [2.24, 2.45) is 0 Å². The summed E-state index contributed by atoms with van der Waals surface area (Å²) in [5.74, 6) is -1.02. The largest absolute Gasteiger partial charge is 0.480 e. The SMILES string of the molecule is CC[C@H](NC(=O)NC1CCOC1C)C(=O)O. The van der Waals surface area contributed by atoms with Crippen molar-refractivity contribution in [3.8, 4) is 0 Å². The van der Waals surface area contributed by atoms with Crippen LogP contribution in [0, 0.1) is 0 Å². The third-order valence-electron chi connectivity index (χ3n) is 2.70. The van der Waals surface area contributed by atoms with Gasteiger partial charge in [-0.05, 0) is 19.8 Å². The van der Waals surface area contributed by atoms with Gasteiger partial charge in [0.15, 0.2) is 0 Å². The molecule has 0 aromatic heterocycles. The predicted octanol–water partition coefficient (Wildman–Crippen LogP) is 0.326. The first-order valence-corrected chi connectivity index (χ1v) is 5.46. The Bertz CT molecular complexity index is 270. The van der Waals surface area contributed by atoms with Crippen molar-refractivity contribution < 1.29 is 19.4 Å². The van der Waals surface area contributed by atoms with E-state index in [4.69, 9.17) is 9.84 Å². The van der Waals surface area contributed by atoms with Crippen molar-refractivity contribution in [3.05, 3.63) is 0 Å². The molecule has 1 heterocycles. The summed E-state index contributed by atoms with van der Waals surface area (Å²) in [7, 11) is 0. The Kier molecular flexibility index (Phi) is 4.54. The van der Waals surface area contributed by atoms with Crippen LogP contribution in [0.1, 0.15) is 26.7 Å². The summed E-state index contributed by atoms with van der Waals surface area (Å²) < 4.78 is 5.29. The lowest BCUT2D eigenvalue weighted by molar-refractivity contribution is -0.139. The molecule has 16 heavy (non-hydrogen) atoms. The van der Waals surface area contributed by atoms with Crippen molar-refractivity contribution in [2.45, 2.75) is 44.9 Å². The van der Waals surface area contributed by atoms with E-state index in [1.54, 1.807) is 6.92 Å². The first-order chi connectivity index (χ1) is 7.54. The number of hydrogen-bond donors (Lipinski definition) is 3. The van der Waals surface area contributed by atoms with Gasteiger partial charge in [-0.1, -0.05) is 6.92 Å². The molecule has 0 radical (unpaired) electrons. The minimum absolute atomic E-state index is 0.0179. The minimum atomic E-state index is -1.02. The summed E-state index contributed by atoms with van der Waals surface area (Å²) in [6, 6.07) is -1.32. The van der Waals surface area contributed by atoms with Gasteiger partial charge in [0.1, 0.15) is 6.04 Å². The van der Waals surface area contributed by atoms with Crippen LogP contribution < -0.4 is 10.6 Å². The number of aliphatic carboxylic acids is 1. The summed E-state index contributed by atoms with van der Waals surface area (Å²) in [5, 5.41) is 13.9. The standard InChI is InChI=1S/C10H18N2O4/c1-3-7(9(13)14)11-10(15)12-8-4-5-16-6(8)2/h6-8H,3-5H2,1-2H3,(H,13,14)(H2,11,12,15)/t6?,7-,8?/m0/s1. The van der Waals surface area contributed by atoms with Gasteiger partial charge in [-0.25, -0.2) is 9.59 Å². The maximum atomic E-state index is 11.5. The van der Waals surface area contributed by atoms with Gasteiger partial charge in [0.25, 0.3) is 0 Å². The molecule has 0 spiro atoms. The number of carboxylic acids is 1. The van der Waals surface area contributed by atoms with Crippen LogP contribution in [0.2, 0.25) is 0 Å². The molecular weight excluding hydrogens is 212 g/mol. The predicted molar refractivity (Wildman–Crippen MR) is 57.2 cm³/mol. The van der Waals surface area contributed by atoms with E-state index in [-0.39, 0.29) is 12.1 Å². The van der Waals surface area contributed by atoms with Gasteiger partial charge in [-0.2, -0.15) is 0 Å². The highest BCUT2D eigenvalue weighted by molar-refractivity contribution is 5.82. The van der Waals surface area contributed by atoms with Crippen LogP contribution in [0.15, 0.2) is 0 Å². The second-order valence-corrected chi connectivity index (χ2v) is 3.89. The van der Waals surface area contributed by atoms with E-state index in [1.807, 2.05) is 6.92 Å². The van der Waals surface area contributed by atoms with Crippen LogP contribution in [0.4, 0.5) is 4.79 Å². The summed E-state index contributed by atoms with van der Waals surface area (Å²) in [6.45, 7) is 4.22. The number of rotatable bonds is 4. The fourth-order valence-corrected chi connectivity index (χ4v) is 1.63. The highest BCUT2D eigenvalue weighted by Gasteiger charge is 2.26. The highest BCUT2D eigenvalue weighted by atomic mass is 16.5. The Morgan fingerprint density at radius 3 is 2.69 bits per heavy atom. The molecule has 0 aliphatic carbocycles. The zero-order valence-electron chi connectivity index (χ0n) is 9.53. The number of carbonyl (C=O) groups is 2. The highest BCUT2D eigenvalue weighted by Crippen LogP contribution is 2.12. The van der Waals surface area contributed by atoms with Gasteiger partial charge in [-0.3, -0.25) is 0 Å². The molecule has 1 aliphatic heterocycles. The number of ether oxygens (including phenoxy) is 1. The molecule has 0 aromatic carbocycles. The quantitative estimate of drug-likeness (QED) is 0.649. The topological polar surface area (TPSA) is 87.7 Å². The van der Waals surface area contributed by atoms with Crippen molar-refractivity contribution >= 4 is 12.0 Å². The lowest BCUT2D eigenvalue weighted by Gasteiger charge is -2.18. The number of carboxylic acid groups (broad SMARTS) is 1. The Balaban J connectivity index is 2.37. The maximum Gasteiger partial charge on any atom is 0.326 e. The lowest BCUT2D eigenvalue weighted by Crippen LogP contribution is -2.50. The van der Waals surface area contributed by atoms with Crippen LogP contribution in [-0.2, 0) is 9.53 Å². The Hall–Kier alpha value is -1.30. The number of carbonyl (C=O) groups excluding carboxylic acids is 1. The van der Waals surface area contributed by atoms with Crippen LogP contribution in [-0.4, -0.2) is 41.9 Å². The third kappa shape index (κ3) is 3.37. The molecular formula is C10H18N2O4. The first-order valence-electron chi connectivity index (χ1n) is 5.46. The molecule has 1 rings (SSSR count). The van der Waals surface area contributed by atoms with E-state index in [0.29, 0.717) is 13.0 Å². The van der Waals surface area contributed by atoms with E-state index < -0.39 is 18.0 Å². The Morgan fingerprint density at radius 1 is 1.56 bits per heavy atom. The third-order valence-corrected chi connectivity index (χ3v) is 2.70. The van der Waals surface area contributed by atoms with E-state index in [0.717, 1.165) is 6.42 Å². The van der Waals surface area contributed by atoms with E-state index >= 15 is 0 Å². The molecule has 0 bridgehead atoms. The number of hydrogen-bond acceptors (Lipinski definition) is 3. The molecule has 1 aliphatic rings. The van der Waals surface area contributed by atoms with Crippen LogP contribution >= 0.6 is 0 Å². The van der Waals surface area contributed by atoms with Crippen molar-refractivity contribution in [3.63, 3.8) is 0 Å². The zero-order chi connectivity index (χ0) is 12.1. The fraction of sp³-hybridized carbons (Fsp3) is 0.800. The smallest absolute Gasteiger partial charge is 0.326 e. The van der Waals surface area contributed by atoms with Crippen molar-refractivity contribution in [2.75, 3.05) is 6.61 Å². The summed E-state index contributed by atoms with van der Waals surface area (Å²) >= 11 is 0. The van der Waals surface area contributed by atoms with E-state index in [1.165, 1.54) is 0 Å². The molecule has 6 heteroatoms. The molecule has 0 aromatic rings. The second-order valence-electron chi connectivity index (χ2n) is 3.89. The van der Waals surface area contributed by atoms with Gasteiger partial charge < -0.3 is 20.5 Å². The monoisotopic (exact) mass is 230 g/mol. The van der Waals surface area contributed by atoms with Crippen molar-refractivity contribution in [1.29, 1.82) is 0 Å². The zero-order valence-corrected chi connectivity index (χ0v) is 9.53. The molecule has 1 fully saturated rings. The summed E-state index contributed by atoms with van der Waals surface area (Å²) in [5.41, 5.74) is 0. The molecule has 2 unspecified atom stereocenters. The van der Waals surface area contributed by atoms with Gasteiger partial charge in [-0.15, -0.1) is 0 Å². The minimum Gasteiger partial charge on any atom is -0.480 e. The summed E-state index contributed by atoms with van der Waals surface area (Å²) in [6.07, 6.45) is 1.11. The first kappa shape index (κ1) is 12.8. The second kappa shape index (κ2) is 5.69. The van der Waals surface area contributed by atoms with Gasteiger partial charge in [0.2, 0.25) is 0 Å². The number of amides is 2. The number of urea groups is 1. The normalized spacial score (nSPS) is 26.1. The van der Waals surface area contributed by atoms with E-state index in [2.05, 4.69) is 10.6 Å². The Morgan fingerprint density at radius 2 is 2.25 bits per heavy atom. The molecule has 6 nitrogen and oxygen atoms in total. The van der Waals surface area contributed by atoms with Crippen LogP contribution in [0.5, 0.6) is 0 Å². The average molecular weight is 230 g/mol. The fourth-order valence-electron chi connectivity index (χ4n) is 1.63. The van der Waals surface area contributed by atoms with Crippen LogP contribution in [0.3, 0.4) is 0 Å². The van der Waals surface area contributed by atoms with Gasteiger partial charge in [0, 0.05) is 6.61 Å². The van der Waals surface area contributed by atoms with Crippen LogP contribution in [0.25, 0.3) is 0 Å². The lowest BCUT2D eigenvalue weighted by atomic mass is 10.1. The maximum absolute atomic E-state index is 11.5. The van der Waals surface area contributed by atoms with Gasteiger partial charge in [0.05, 0.1) is 12.1 Å². The molecule has 2 amide bonds. The molecule has 0 saturated carbocycles. The van der Waals surface area contributed by atoms with E-state index in [9.17, 15) is 9.59 Å². The number of nitrogens with one attached hydrogen (secondary N) is 2. The van der Waals surface area contributed by atoms with Crippen molar-refractivity contribution in [1.82, 2.24) is 10.6 Å². The molecule has 1 saturated heterocycles.